The monoisotopic (exact) mass is 452 g/mol. The molecule has 31 heavy (non-hydrogen) atoms. The molecule has 166 valence electrons. The van der Waals surface area contributed by atoms with Crippen molar-refractivity contribution in [3.63, 3.8) is 0 Å². The second-order valence-corrected chi connectivity index (χ2v) is 7.47. The highest BCUT2D eigenvalue weighted by Crippen LogP contribution is 2.38. The van der Waals surface area contributed by atoms with Gasteiger partial charge in [0.2, 0.25) is 0 Å². The number of likely N-dealkylation sites (tertiary alicyclic amines) is 1. The summed E-state index contributed by atoms with van der Waals surface area (Å²) in [4.78, 5) is 33.7. The maximum atomic E-state index is 13.2. The number of amides is 1. The number of anilines is 1. The molecule has 0 aromatic heterocycles. The van der Waals surface area contributed by atoms with Crippen LogP contribution in [-0.2, 0) is 9.59 Å². The van der Waals surface area contributed by atoms with Crippen LogP contribution in [0.4, 0.5) is 14.9 Å². The Kier molecular flexibility index (Phi) is 8.35. The Balaban J connectivity index is 0.000000501. The van der Waals surface area contributed by atoms with Crippen LogP contribution >= 0.6 is 11.6 Å². The van der Waals surface area contributed by atoms with E-state index < -0.39 is 18.0 Å². The van der Waals surface area contributed by atoms with E-state index in [1.54, 1.807) is 24.3 Å². The minimum absolute atomic E-state index is 0.262. The number of benzene rings is 2. The van der Waals surface area contributed by atoms with Gasteiger partial charge in [0.05, 0.1) is 10.7 Å². The van der Waals surface area contributed by atoms with Gasteiger partial charge < -0.3 is 20.2 Å². The molecule has 1 saturated heterocycles. The first-order valence-electron chi connectivity index (χ1n) is 9.29. The number of hydrogen-bond acceptors (Lipinski definition) is 4. The Morgan fingerprint density at radius 3 is 2.19 bits per heavy atom. The summed E-state index contributed by atoms with van der Waals surface area (Å²) >= 11 is 6.37. The molecule has 1 atom stereocenters. The normalized spacial score (nSPS) is 15.6. The van der Waals surface area contributed by atoms with E-state index in [4.69, 9.17) is 31.4 Å². The lowest BCUT2D eigenvalue weighted by Crippen LogP contribution is -2.35. The zero-order chi connectivity index (χ0) is 23.1. The van der Waals surface area contributed by atoms with Crippen molar-refractivity contribution in [3.8, 4) is 11.1 Å². The van der Waals surface area contributed by atoms with Gasteiger partial charge in [0.15, 0.2) is 0 Å². The smallest absolute Gasteiger partial charge is 0.414 e. The van der Waals surface area contributed by atoms with Crippen molar-refractivity contribution in [3.05, 3.63) is 53.3 Å². The second-order valence-electron chi connectivity index (χ2n) is 7.06. The fourth-order valence-electron chi connectivity index (χ4n) is 3.35. The van der Waals surface area contributed by atoms with Crippen LogP contribution < -0.4 is 4.90 Å². The molecule has 1 aliphatic rings. The Morgan fingerprint density at radius 1 is 1.10 bits per heavy atom. The van der Waals surface area contributed by atoms with E-state index in [1.165, 1.54) is 17.0 Å². The van der Waals surface area contributed by atoms with Crippen LogP contribution in [-0.4, -0.2) is 64.9 Å². The van der Waals surface area contributed by atoms with Gasteiger partial charge in [0.1, 0.15) is 5.82 Å². The first-order valence-corrected chi connectivity index (χ1v) is 9.67. The van der Waals surface area contributed by atoms with Gasteiger partial charge in [-0.05, 0) is 49.7 Å². The summed E-state index contributed by atoms with van der Waals surface area (Å²) in [6.07, 6.45) is -0.0811. The first kappa shape index (κ1) is 24.1. The highest BCUT2D eigenvalue weighted by atomic mass is 35.5. The molecule has 0 bridgehead atoms. The molecule has 0 aliphatic carbocycles. The summed E-state index contributed by atoms with van der Waals surface area (Å²) in [5.74, 6) is -3.72. The molecular weight excluding hydrogens is 431 g/mol. The molecule has 0 radical (unpaired) electrons. The number of carboxylic acid groups (broad SMARTS) is 3. The maximum absolute atomic E-state index is 13.2. The summed E-state index contributed by atoms with van der Waals surface area (Å²) in [7, 11) is 2.03. The summed E-state index contributed by atoms with van der Waals surface area (Å²) < 4.78 is 13.2. The molecule has 1 heterocycles. The topological polar surface area (TPSA) is 118 Å². The molecule has 1 amide bonds. The number of carboxylic acids is 2. The van der Waals surface area contributed by atoms with Gasteiger partial charge in [-0.15, -0.1) is 0 Å². The number of nitrogens with zero attached hydrogens (tertiary/aromatic N) is 2. The largest absolute Gasteiger partial charge is 0.473 e. The van der Waals surface area contributed by atoms with Gasteiger partial charge in [0, 0.05) is 18.7 Å². The number of para-hydroxylation sites is 1. The standard InChI is InChI=1S/C19H20ClFN2O2.C2H2O4/c1-22-10-9-13(11-22)12-23(19(24)25)18-16(3-2-4-17(18)20)14-5-7-15(21)8-6-14;3-1(4)2(5)6/h2-8,13H,9-12H2,1H3,(H,24,25);(H,3,4)(H,5,6)/t13-;/m1./s1. The van der Waals surface area contributed by atoms with E-state index in [0.717, 1.165) is 25.1 Å². The van der Waals surface area contributed by atoms with E-state index in [2.05, 4.69) is 4.90 Å². The third kappa shape index (κ3) is 6.66. The third-order valence-corrected chi connectivity index (χ3v) is 5.06. The molecule has 1 fully saturated rings. The van der Waals surface area contributed by atoms with Crippen molar-refractivity contribution in [2.24, 2.45) is 5.92 Å². The molecule has 0 saturated carbocycles. The molecule has 0 spiro atoms. The van der Waals surface area contributed by atoms with Crippen LogP contribution in [0.25, 0.3) is 11.1 Å². The van der Waals surface area contributed by atoms with E-state index in [1.807, 2.05) is 13.1 Å². The molecule has 2 aromatic carbocycles. The molecule has 3 rings (SSSR count). The molecule has 1 aliphatic heterocycles. The molecular formula is C21H22ClFN2O6. The van der Waals surface area contributed by atoms with Gasteiger partial charge >= 0.3 is 18.0 Å². The van der Waals surface area contributed by atoms with E-state index in [0.29, 0.717) is 22.8 Å². The summed E-state index contributed by atoms with van der Waals surface area (Å²) in [6.45, 7) is 2.21. The zero-order valence-corrected chi connectivity index (χ0v) is 17.4. The quantitative estimate of drug-likeness (QED) is 0.604. The fourth-order valence-corrected chi connectivity index (χ4v) is 3.63. The van der Waals surface area contributed by atoms with Crippen molar-refractivity contribution in [2.75, 3.05) is 31.6 Å². The van der Waals surface area contributed by atoms with Crippen LogP contribution in [0.1, 0.15) is 6.42 Å². The third-order valence-electron chi connectivity index (χ3n) is 4.76. The number of halogens is 2. The average Bonchev–Trinajstić information content (AvgIpc) is 3.12. The Bertz CT molecular complexity index is 941. The summed E-state index contributed by atoms with van der Waals surface area (Å²) in [5.41, 5.74) is 1.87. The van der Waals surface area contributed by atoms with Gasteiger partial charge in [-0.2, -0.15) is 0 Å². The van der Waals surface area contributed by atoms with Gasteiger partial charge in [-0.25, -0.2) is 18.8 Å². The Labute approximate surface area is 183 Å². The maximum Gasteiger partial charge on any atom is 0.414 e. The molecule has 3 N–H and O–H groups in total. The predicted octanol–water partition coefficient (Wildman–Crippen LogP) is 3.74. The number of carbonyl (C=O) groups is 3. The highest BCUT2D eigenvalue weighted by Gasteiger charge is 2.28. The van der Waals surface area contributed by atoms with Crippen molar-refractivity contribution < 1.29 is 34.1 Å². The average molecular weight is 453 g/mol. The van der Waals surface area contributed by atoms with Crippen molar-refractivity contribution in [1.29, 1.82) is 0 Å². The molecule has 8 nitrogen and oxygen atoms in total. The van der Waals surface area contributed by atoms with E-state index in [9.17, 15) is 14.3 Å². The number of hydrogen-bond donors (Lipinski definition) is 3. The minimum Gasteiger partial charge on any atom is -0.473 e. The predicted molar refractivity (Wildman–Crippen MR) is 113 cm³/mol. The SMILES string of the molecule is CN1CC[C@@H](CN(C(=O)O)c2c(Cl)cccc2-c2ccc(F)cc2)C1.O=C(O)C(=O)O. The molecule has 0 unspecified atom stereocenters. The van der Waals surface area contributed by atoms with Gasteiger partial charge in [0.25, 0.3) is 0 Å². The molecule has 10 heteroatoms. The van der Waals surface area contributed by atoms with Crippen LogP contribution in [0.5, 0.6) is 0 Å². The Morgan fingerprint density at radius 2 is 1.71 bits per heavy atom. The summed E-state index contributed by atoms with van der Waals surface area (Å²) in [5, 5.41) is 24.9. The highest BCUT2D eigenvalue weighted by molar-refractivity contribution is 6.34. The van der Waals surface area contributed by atoms with Crippen molar-refractivity contribution in [2.45, 2.75) is 6.42 Å². The minimum atomic E-state index is -1.82. The number of aliphatic carboxylic acids is 2. The second kappa shape index (κ2) is 10.7. The lowest BCUT2D eigenvalue weighted by atomic mass is 10.0. The van der Waals surface area contributed by atoms with Crippen LogP contribution in [0, 0.1) is 11.7 Å². The van der Waals surface area contributed by atoms with Gasteiger partial charge in [-0.1, -0.05) is 35.9 Å². The van der Waals surface area contributed by atoms with Crippen LogP contribution in [0.2, 0.25) is 5.02 Å². The van der Waals surface area contributed by atoms with Crippen LogP contribution in [0.3, 0.4) is 0 Å². The lowest BCUT2D eigenvalue weighted by Gasteiger charge is -2.26. The van der Waals surface area contributed by atoms with Crippen LogP contribution in [0.15, 0.2) is 42.5 Å². The van der Waals surface area contributed by atoms with E-state index in [-0.39, 0.29) is 11.7 Å². The van der Waals surface area contributed by atoms with Crippen molar-refractivity contribution >= 4 is 35.3 Å². The molecule has 2 aromatic rings. The van der Waals surface area contributed by atoms with Gasteiger partial charge in [-0.3, -0.25) is 4.90 Å². The Hall–Kier alpha value is -3.17. The van der Waals surface area contributed by atoms with E-state index >= 15 is 0 Å². The summed E-state index contributed by atoms with van der Waals surface area (Å²) in [6, 6.07) is 11.2. The zero-order valence-electron chi connectivity index (χ0n) is 16.7. The first-order chi connectivity index (χ1) is 14.6. The lowest BCUT2D eigenvalue weighted by molar-refractivity contribution is -0.159. The van der Waals surface area contributed by atoms with Crippen molar-refractivity contribution in [1.82, 2.24) is 4.90 Å². The number of rotatable bonds is 4. The fraction of sp³-hybridized carbons (Fsp3) is 0.286.